The van der Waals surface area contributed by atoms with Gasteiger partial charge in [-0.15, -0.1) is 5.10 Å². The predicted molar refractivity (Wildman–Crippen MR) is 126 cm³/mol. The summed E-state index contributed by atoms with van der Waals surface area (Å²) in [4.78, 5) is 62.6. The Morgan fingerprint density at radius 1 is 1.22 bits per heavy atom. The average Bonchev–Trinajstić information content (AvgIpc) is 3.40. The summed E-state index contributed by atoms with van der Waals surface area (Å²) in [7, 11) is 0. The number of fused-ring (bicyclic) bond motifs is 1. The number of unbranched alkanes of at least 4 members (excludes halogenated alkanes) is 1. The molecule has 0 spiro atoms. The molecule has 2 N–H and O–H groups in total. The van der Waals surface area contributed by atoms with Crippen molar-refractivity contribution in [1.29, 1.82) is 0 Å². The fraction of sp³-hybridized carbons (Fsp3) is 0.375. The topological polar surface area (TPSA) is 153 Å². The van der Waals surface area contributed by atoms with Crippen molar-refractivity contribution in [3.63, 3.8) is 0 Å². The van der Waals surface area contributed by atoms with Gasteiger partial charge in [-0.1, -0.05) is 17.4 Å². The smallest absolute Gasteiger partial charge is 0.266 e. The average molecular weight is 495 g/mol. The van der Waals surface area contributed by atoms with E-state index >= 15 is 0 Å². The van der Waals surface area contributed by atoms with Crippen molar-refractivity contribution in [1.82, 2.24) is 30.5 Å². The Hall–Kier alpha value is -4.35. The number of carbonyl (C=O) groups excluding carboxylic acids is 5. The van der Waals surface area contributed by atoms with Gasteiger partial charge in [0.1, 0.15) is 17.5 Å². The third-order valence-electron chi connectivity index (χ3n) is 5.82. The number of aryl methyl sites for hydroxylation is 1. The quantitative estimate of drug-likeness (QED) is 0.361. The second-order valence-electron chi connectivity index (χ2n) is 8.38. The molecule has 0 aliphatic carbocycles. The lowest BCUT2D eigenvalue weighted by Crippen LogP contribution is -2.54. The Kier molecular flexibility index (Phi) is 7.52. The summed E-state index contributed by atoms with van der Waals surface area (Å²) in [6, 6.07) is 3.42. The standard InChI is InChI=1S/C24H26N6O6/c1-2-6-15-13-29(28-27-15)12-4-3-11-25-20(32)14-36-18-8-5-7-16-21(18)24(35)30(23(16)34)17-9-10-19(31)26-22(17)33/h2,5-8,13,17H,3-4,9-12,14H2,1H3,(H,25,32)(H,26,31,33)/b6-2+. The normalized spacial score (nSPS) is 17.5. The van der Waals surface area contributed by atoms with Crippen LogP contribution in [0.1, 0.15) is 59.0 Å². The zero-order valence-electron chi connectivity index (χ0n) is 19.7. The van der Waals surface area contributed by atoms with Gasteiger partial charge in [-0.05, 0) is 44.4 Å². The van der Waals surface area contributed by atoms with E-state index in [-0.39, 0.29) is 42.2 Å². The van der Waals surface area contributed by atoms with Crippen LogP contribution in [-0.2, 0) is 20.9 Å². The van der Waals surface area contributed by atoms with Crippen molar-refractivity contribution in [3.8, 4) is 5.75 Å². The Bertz CT molecular complexity index is 1240. The van der Waals surface area contributed by atoms with Crippen LogP contribution in [0.4, 0.5) is 0 Å². The van der Waals surface area contributed by atoms with E-state index in [0.717, 1.165) is 23.4 Å². The largest absolute Gasteiger partial charge is 0.483 e. The molecule has 1 atom stereocenters. The summed E-state index contributed by atoms with van der Waals surface area (Å²) in [6.45, 7) is 2.68. The van der Waals surface area contributed by atoms with Crippen molar-refractivity contribution < 1.29 is 28.7 Å². The second-order valence-corrected chi connectivity index (χ2v) is 8.38. The molecule has 36 heavy (non-hydrogen) atoms. The highest BCUT2D eigenvalue weighted by Crippen LogP contribution is 2.33. The number of piperidine rings is 1. The number of ether oxygens (including phenoxy) is 1. The van der Waals surface area contributed by atoms with Crippen LogP contribution in [0.2, 0.25) is 0 Å². The maximum atomic E-state index is 13.0. The number of nitrogens with zero attached hydrogens (tertiary/aromatic N) is 4. The maximum Gasteiger partial charge on any atom is 0.266 e. The number of hydrogen-bond donors (Lipinski definition) is 2. The van der Waals surface area contributed by atoms with Crippen molar-refractivity contribution in [2.75, 3.05) is 13.2 Å². The van der Waals surface area contributed by atoms with E-state index in [9.17, 15) is 24.0 Å². The molecule has 0 bridgehead atoms. The number of aromatic nitrogens is 3. The number of imide groups is 2. The van der Waals surface area contributed by atoms with Crippen LogP contribution in [0.25, 0.3) is 6.08 Å². The Labute approximate surface area is 206 Å². The van der Waals surface area contributed by atoms with Crippen LogP contribution in [0.3, 0.4) is 0 Å². The predicted octanol–water partition coefficient (Wildman–Crippen LogP) is 0.688. The molecule has 3 heterocycles. The van der Waals surface area contributed by atoms with Crippen molar-refractivity contribution >= 4 is 35.6 Å². The lowest BCUT2D eigenvalue weighted by molar-refractivity contribution is -0.136. The van der Waals surface area contributed by atoms with Crippen LogP contribution in [-0.4, -0.2) is 68.6 Å². The molecule has 1 aromatic carbocycles. The highest BCUT2D eigenvalue weighted by molar-refractivity contribution is 6.24. The first-order chi connectivity index (χ1) is 17.4. The van der Waals surface area contributed by atoms with Gasteiger partial charge < -0.3 is 10.1 Å². The molecule has 2 aliphatic rings. The first-order valence-corrected chi connectivity index (χ1v) is 11.7. The number of hydrogen-bond acceptors (Lipinski definition) is 8. The molecule has 2 aromatic rings. The van der Waals surface area contributed by atoms with E-state index in [1.165, 1.54) is 18.2 Å². The molecule has 5 amide bonds. The zero-order valence-corrected chi connectivity index (χ0v) is 19.7. The third kappa shape index (κ3) is 5.32. The maximum absolute atomic E-state index is 13.0. The molecule has 0 saturated carbocycles. The van der Waals surface area contributed by atoms with Crippen LogP contribution in [0.5, 0.6) is 5.75 Å². The first kappa shape index (κ1) is 24.8. The first-order valence-electron chi connectivity index (χ1n) is 11.7. The van der Waals surface area contributed by atoms with Crippen molar-refractivity contribution in [2.24, 2.45) is 0 Å². The number of benzene rings is 1. The van der Waals surface area contributed by atoms with E-state index in [4.69, 9.17) is 4.74 Å². The van der Waals surface area contributed by atoms with Crippen molar-refractivity contribution in [3.05, 3.63) is 47.3 Å². The second kappa shape index (κ2) is 10.9. The molecule has 12 heteroatoms. The molecule has 0 radical (unpaired) electrons. The number of amides is 5. The van der Waals surface area contributed by atoms with Gasteiger partial charge >= 0.3 is 0 Å². The minimum Gasteiger partial charge on any atom is -0.483 e. The van der Waals surface area contributed by atoms with Gasteiger partial charge in [0.25, 0.3) is 17.7 Å². The van der Waals surface area contributed by atoms with Gasteiger partial charge in [-0.3, -0.25) is 38.9 Å². The molecule has 12 nitrogen and oxygen atoms in total. The van der Waals surface area contributed by atoms with Gasteiger partial charge in [0.05, 0.1) is 17.3 Å². The van der Waals surface area contributed by atoms with E-state index in [1.54, 1.807) is 4.68 Å². The van der Waals surface area contributed by atoms with Gasteiger partial charge in [0, 0.05) is 19.5 Å². The Morgan fingerprint density at radius 3 is 2.83 bits per heavy atom. The van der Waals surface area contributed by atoms with Crippen molar-refractivity contribution in [2.45, 2.75) is 45.2 Å². The highest BCUT2D eigenvalue weighted by Gasteiger charge is 2.46. The third-order valence-corrected chi connectivity index (χ3v) is 5.82. The van der Waals surface area contributed by atoms with E-state index in [1.807, 2.05) is 25.3 Å². The van der Waals surface area contributed by atoms with Crippen LogP contribution >= 0.6 is 0 Å². The molecule has 1 aromatic heterocycles. The van der Waals surface area contributed by atoms with Gasteiger partial charge in [0.2, 0.25) is 11.8 Å². The minimum absolute atomic E-state index is 0.00474. The summed E-state index contributed by atoms with van der Waals surface area (Å²) in [5, 5.41) is 13.0. The summed E-state index contributed by atoms with van der Waals surface area (Å²) in [5.74, 6) is -2.75. The lowest BCUT2D eigenvalue weighted by atomic mass is 10.0. The summed E-state index contributed by atoms with van der Waals surface area (Å²) in [6.07, 6.45) is 7.20. The number of rotatable bonds is 10. The molecular weight excluding hydrogens is 468 g/mol. The van der Waals surface area contributed by atoms with E-state index in [2.05, 4.69) is 20.9 Å². The number of carbonyl (C=O) groups is 5. The minimum atomic E-state index is -1.07. The van der Waals surface area contributed by atoms with Crippen LogP contribution in [0, 0.1) is 0 Å². The fourth-order valence-electron chi connectivity index (χ4n) is 4.09. The van der Waals surface area contributed by atoms with E-state index < -0.39 is 29.7 Å². The van der Waals surface area contributed by atoms with Gasteiger partial charge in [-0.2, -0.15) is 0 Å². The monoisotopic (exact) mass is 494 g/mol. The summed E-state index contributed by atoms with van der Waals surface area (Å²) >= 11 is 0. The number of nitrogens with one attached hydrogen (secondary N) is 2. The molecule has 1 saturated heterocycles. The molecule has 1 unspecified atom stereocenters. The molecular formula is C24H26N6O6. The Balaban J connectivity index is 1.27. The van der Waals surface area contributed by atoms with Gasteiger partial charge in [-0.25, -0.2) is 0 Å². The molecule has 1 fully saturated rings. The SMILES string of the molecule is C/C=C/c1cn(CCCCNC(=O)COc2cccc3c2C(=O)N(C2CCC(=O)NC2=O)C3=O)nn1. The summed E-state index contributed by atoms with van der Waals surface area (Å²) in [5.41, 5.74) is 0.884. The molecule has 2 aliphatic heterocycles. The van der Waals surface area contributed by atoms with Crippen LogP contribution < -0.4 is 15.4 Å². The molecule has 4 rings (SSSR count). The lowest BCUT2D eigenvalue weighted by Gasteiger charge is -2.27. The summed E-state index contributed by atoms with van der Waals surface area (Å²) < 4.78 is 7.31. The van der Waals surface area contributed by atoms with Gasteiger partial charge in [0.15, 0.2) is 6.61 Å². The zero-order chi connectivity index (χ0) is 25.7. The molecule has 188 valence electrons. The van der Waals surface area contributed by atoms with Crippen LogP contribution in [0.15, 0.2) is 30.5 Å². The number of allylic oxidation sites excluding steroid dienone is 1. The highest BCUT2D eigenvalue weighted by atomic mass is 16.5. The fourth-order valence-corrected chi connectivity index (χ4v) is 4.09. The van der Waals surface area contributed by atoms with E-state index in [0.29, 0.717) is 13.1 Å². The Morgan fingerprint density at radius 2 is 2.06 bits per heavy atom.